The summed E-state index contributed by atoms with van der Waals surface area (Å²) in [6, 6.07) is 12.9. The number of halogens is 1. The third-order valence-corrected chi connectivity index (χ3v) is 5.19. The van der Waals surface area contributed by atoms with Crippen molar-refractivity contribution < 1.29 is 19.1 Å². The predicted octanol–water partition coefficient (Wildman–Crippen LogP) is 3.66. The highest BCUT2D eigenvalue weighted by Gasteiger charge is 2.41. The average Bonchev–Trinajstić information content (AvgIpc) is 2.90. The Labute approximate surface area is 160 Å². The van der Waals surface area contributed by atoms with Crippen LogP contribution in [-0.4, -0.2) is 41.1 Å². The molecule has 134 valence electrons. The Morgan fingerprint density at radius 1 is 1.08 bits per heavy atom. The zero-order chi connectivity index (χ0) is 18.7. The van der Waals surface area contributed by atoms with E-state index in [4.69, 9.17) is 16.3 Å². The van der Waals surface area contributed by atoms with Crippen molar-refractivity contribution in [2.75, 3.05) is 12.4 Å². The Balaban J connectivity index is 1.53. The van der Waals surface area contributed by atoms with Crippen molar-refractivity contribution in [2.24, 2.45) is 0 Å². The molecule has 2 amide bonds. The molecule has 7 heteroatoms. The fraction of sp³-hybridized carbons (Fsp3) is 0.211. The van der Waals surface area contributed by atoms with Gasteiger partial charge in [-0.05, 0) is 43.3 Å². The number of nitrogens with zero attached hydrogens (tertiary/aromatic N) is 1. The normalized spacial score (nSPS) is 14.3. The molecule has 0 aromatic heterocycles. The van der Waals surface area contributed by atoms with Crippen LogP contribution in [0.4, 0.5) is 0 Å². The summed E-state index contributed by atoms with van der Waals surface area (Å²) < 4.78 is 5.23. The van der Waals surface area contributed by atoms with Gasteiger partial charge in [0.25, 0.3) is 11.8 Å². The molecule has 0 unspecified atom stereocenters. The van der Waals surface area contributed by atoms with Crippen molar-refractivity contribution in [2.45, 2.75) is 17.9 Å². The first-order valence-electron chi connectivity index (χ1n) is 8.01. The van der Waals surface area contributed by atoms with Gasteiger partial charge in [-0.25, -0.2) is 4.79 Å². The van der Waals surface area contributed by atoms with Crippen LogP contribution in [0.25, 0.3) is 0 Å². The average molecular weight is 390 g/mol. The van der Waals surface area contributed by atoms with E-state index < -0.39 is 23.8 Å². The van der Waals surface area contributed by atoms with Gasteiger partial charge in [0.05, 0.1) is 11.1 Å². The number of amides is 2. The van der Waals surface area contributed by atoms with Crippen molar-refractivity contribution in [3.63, 3.8) is 0 Å². The summed E-state index contributed by atoms with van der Waals surface area (Å²) in [7, 11) is 0. The van der Waals surface area contributed by atoms with Crippen molar-refractivity contribution in [1.82, 2.24) is 4.90 Å². The monoisotopic (exact) mass is 389 g/mol. The van der Waals surface area contributed by atoms with E-state index in [0.29, 0.717) is 21.9 Å². The van der Waals surface area contributed by atoms with E-state index in [0.717, 1.165) is 9.80 Å². The lowest BCUT2D eigenvalue weighted by molar-refractivity contribution is -0.147. The number of ether oxygens (including phenoxy) is 1. The quantitative estimate of drug-likeness (QED) is 0.326. The Morgan fingerprint density at radius 2 is 1.65 bits per heavy atom. The molecule has 3 rings (SSSR count). The molecule has 2 aromatic carbocycles. The molecule has 0 radical (unpaired) electrons. The van der Waals surface area contributed by atoms with Crippen molar-refractivity contribution >= 4 is 41.1 Å². The van der Waals surface area contributed by atoms with E-state index in [9.17, 15) is 14.4 Å². The van der Waals surface area contributed by atoms with Gasteiger partial charge in [0.2, 0.25) is 0 Å². The lowest BCUT2D eigenvalue weighted by Gasteiger charge is -2.20. The Morgan fingerprint density at radius 3 is 2.23 bits per heavy atom. The summed E-state index contributed by atoms with van der Waals surface area (Å²) in [6.45, 7) is 1.68. The molecule has 0 saturated heterocycles. The van der Waals surface area contributed by atoms with Crippen LogP contribution in [0, 0.1) is 0 Å². The highest BCUT2D eigenvalue weighted by molar-refractivity contribution is 7.99. The summed E-state index contributed by atoms with van der Waals surface area (Å²) in [6.07, 6.45) is 0. The molecule has 0 N–H and O–H groups in total. The topological polar surface area (TPSA) is 63.7 Å². The number of carbonyl (C=O) groups excluding carboxylic acids is 3. The standard InChI is InChI=1S/C19H16ClNO4S/c1-12(21-17(22)15-4-2-3-5-16(15)18(21)23)19(24)25-10-11-26-14-8-6-13(20)7-9-14/h2-9,12H,10-11H2,1H3/t12-/m1/s1. The van der Waals surface area contributed by atoms with Crippen LogP contribution in [0.1, 0.15) is 27.6 Å². The zero-order valence-corrected chi connectivity index (χ0v) is 15.5. The fourth-order valence-electron chi connectivity index (χ4n) is 2.62. The lowest BCUT2D eigenvalue weighted by Crippen LogP contribution is -2.43. The minimum Gasteiger partial charge on any atom is -0.463 e. The minimum atomic E-state index is -0.970. The molecule has 2 aromatic rings. The van der Waals surface area contributed by atoms with E-state index in [-0.39, 0.29) is 6.61 Å². The number of rotatable bonds is 6. The second kappa shape index (κ2) is 7.93. The third-order valence-electron chi connectivity index (χ3n) is 3.96. The molecule has 1 heterocycles. The number of carbonyl (C=O) groups is 3. The van der Waals surface area contributed by atoms with Crippen molar-refractivity contribution in [1.29, 1.82) is 0 Å². The molecular weight excluding hydrogens is 374 g/mol. The Bertz CT molecular complexity index is 818. The summed E-state index contributed by atoms with van der Waals surface area (Å²) in [5, 5.41) is 0.663. The number of thioether (sulfide) groups is 1. The number of fused-ring (bicyclic) bond motifs is 1. The van der Waals surface area contributed by atoms with Gasteiger partial charge >= 0.3 is 5.97 Å². The third kappa shape index (κ3) is 3.76. The maximum absolute atomic E-state index is 12.4. The molecule has 26 heavy (non-hydrogen) atoms. The molecule has 0 saturated carbocycles. The van der Waals surface area contributed by atoms with Crippen LogP contribution < -0.4 is 0 Å². The Hall–Kier alpha value is -2.31. The van der Waals surface area contributed by atoms with Gasteiger partial charge in [-0.3, -0.25) is 14.5 Å². The first-order valence-corrected chi connectivity index (χ1v) is 9.37. The van der Waals surface area contributed by atoms with E-state index in [1.54, 1.807) is 36.4 Å². The van der Waals surface area contributed by atoms with Crippen LogP contribution >= 0.6 is 23.4 Å². The molecule has 1 aliphatic rings. The number of benzene rings is 2. The van der Waals surface area contributed by atoms with Crippen molar-refractivity contribution in [3.05, 3.63) is 64.7 Å². The maximum Gasteiger partial charge on any atom is 0.329 e. The lowest BCUT2D eigenvalue weighted by atomic mass is 10.1. The van der Waals surface area contributed by atoms with Crippen LogP contribution in [-0.2, 0) is 9.53 Å². The number of esters is 1. The van der Waals surface area contributed by atoms with Gasteiger partial charge < -0.3 is 4.74 Å². The minimum absolute atomic E-state index is 0.180. The zero-order valence-electron chi connectivity index (χ0n) is 14.0. The first kappa shape index (κ1) is 18.5. The highest BCUT2D eigenvalue weighted by Crippen LogP contribution is 2.25. The second-order valence-electron chi connectivity index (χ2n) is 5.67. The second-order valence-corrected chi connectivity index (χ2v) is 7.28. The van der Waals surface area contributed by atoms with Crippen molar-refractivity contribution in [3.8, 4) is 0 Å². The van der Waals surface area contributed by atoms with Crippen LogP contribution in [0.2, 0.25) is 5.02 Å². The molecule has 1 atom stereocenters. The molecule has 1 aliphatic heterocycles. The summed E-state index contributed by atoms with van der Waals surface area (Å²) >= 11 is 7.35. The highest BCUT2D eigenvalue weighted by atomic mass is 35.5. The van der Waals surface area contributed by atoms with Crippen LogP contribution in [0.3, 0.4) is 0 Å². The SMILES string of the molecule is C[C@H](C(=O)OCCSc1ccc(Cl)cc1)N1C(=O)c2ccccc2C1=O. The molecule has 0 spiro atoms. The Kier molecular flexibility index (Phi) is 5.64. The first-order chi connectivity index (χ1) is 12.5. The van der Waals surface area contributed by atoms with Gasteiger partial charge in [0.15, 0.2) is 0 Å². The van der Waals surface area contributed by atoms with Gasteiger partial charge in [-0.15, -0.1) is 11.8 Å². The predicted molar refractivity (Wildman–Crippen MR) is 99.5 cm³/mol. The van der Waals surface area contributed by atoms with E-state index in [1.807, 2.05) is 12.1 Å². The molecular formula is C19H16ClNO4S. The molecule has 0 bridgehead atoms. The van der Waals surface area contributed by atoms with Gasteiger partial charge in [0, 0.05) is 15.7 Å². The number of hydrogen-bond donors (Lipinski definition) is 0. The van der Waals surface area contributed by atoms with Gasteiger partial charge in [-0.1, -0.05) is 23.7 Å². The molecule has 0 fully saturated rings. The van der Waals surface area contributed by atoms with Gasteiger partial charge in [0.1, 0.15) is 12.6 Å². The molecule has 0 aliphatic carbocycles. The van der Waals surface area contributed by atoms with Crippen LogP contribution in [0.5, 0.6) is 0 Å². The smallest absolute Gasteiger partial charge is 0.329 e. The fourth-order valence-corrected chi connectivity index (χ4v) is 3.48. The summed E-state index contributed by atoms with van der Waals surface area (Å²) in [5.41, 5.74) is 0.630. The van der Waals surface area contributed by atoms with E-state index >= 15 is 0 Å². The van der Waals surface area contributed by atoms with Gasteiger partial charge in [-0.2, -0.15) is 0 Å². The number of imide groups is 1. The van der Waals surface area contributed by atoms with E-state index in [2.05, 4.69) is 0 Å². The number of hydrogen-bond acceptors (Lipinski definition) is 5. The van der Waals surface area contributed by atoms with Crippen LogP contribution in [0.15, 0.2) is 53.4 Å². The van der Waals surface area contributed by atoms with E-state index in [1.165, 1.54) is 18.7 Å². The maximum atomic E-state index is 12.4. The molecule has 5 nitrogen and oxygen atoms in total. The summed E-state index contributed by atoms with van der Waals surface area (Å²) in [4.78, 5) is 39.0. The summed E-state index contributed by atoms with van der Waals surface area (Å²) in [5.74, 6) is -0.977. The largest absolute Gasteiger partial charge is 0.463 e.